The van der Waals surface area contributed by atoms with E-state index in [1.54, 1.807) is 36.7 Å². The lowest BCUT2D eigenvalue weighted by atomic mass is 9.99. The number of carbonyl (C=O) groups excluding carboxylic acids is 1. The monoisotopic (exact) mass is 468 g/mol. The summed E-state index contributed by atoms with van der Waals surface area (Å²) in [5, 5.41) is 28.2. The first-order valence-corrected chi connectivity index (χ1v) is 10.8. The van der Waals surface area contributed by atoms with Crippen LogP contribution in [0.1, 0.15) is 22.2 Å². The lowest BCUT2D eigenvalue weighted by Gasteiger charge is -2.08. The van der Waals surface area contributed by atoms with Gasteiger partial charge in [-0.25, -0.2) is 4.98 Å². The van der Waals surface area contributed by atoms with Crippen molar-refractivity contribution in [3.05, 3.63) is 70.1 Å². The zero-order chi connectivity index (χ0) is 23.8. The van der Waals surface area contributed by atoms with Gasteiger partial charge in [0.25, 0.3) is 0 Å². The van der Waals surface area contributed by atoms with Crippen LogP contribution in [0.2, 0.25) is 0 Å². The number of benzene rings is 1. The smallest absolute Gasteiger partial charge is 0.219 e. The van der Waals surface area contributed by atoms with Gasteiger partial charge in [-0.15, -0.1) is 0 Å². The molecular formula is C23H16N8O2S. The number of aromatic hydroxyl groups is 1. The fourth-order valence-corrected chi connectivity index (χ4v) is 4.56. The summed E-state index contributed by atoms with van der Waals surface area (Å²) in [6.07, 6.45) is 3.24. The summed E-state index contributed by atoms with van der Waals surface area (Å²) in [6, 6.07) is 14.7. The van der Waals surface area contributed by atoms with E-state index < -0.39 is 0 Å². The van der Waals surface area contributed by atoms with Crippen LogP contribution in [-0.4, -0.2) is 35.6 Å². The Balaban J connectivity index is 1.87. The predicted octanol–water partition coefficient (Wildman–Crippen LogP) is 3.47. The number of para-hydroxylation sites is 1. The summed E-state index contributed by atoms with van der Waals surface area (Å²) >= 11 is 1.03. The number of hydrogen-bond acceptors (Lipinski definition) is 9. The molecule has 0 saturated heterocycles. The van der Waals surface area contributed by atoms with Crippen molar-refractivity contribution in [2.45, 2.75) is 6.92 Å². The molecule has 0 spiro atoms. The summed E-state index contributed by atoms with van der Waals surface area (Å²) in [6.45, 7) is 1.38. The van der Waals surface area contributed by atoms with Crippen molar-refractivity contribution in [3.8, 4) is 28.8 Å². The molecule has 0 unspecified atom stereocenters. The molecule has 0 aliphatic rings. The van der Waals surface area contributed by atoms with E-state index in [0.29, 0.717) is 32.6 Å². The SMILES string of the molecule is CC(=O)c1sc(=Nc2n[nH]c3nc(N)c(C#N)c(-c4cccnc4)c23)n(-c2ccccc2)c1O. The molecule has 0 aliphatic heterocycles. The molecule has 4 heterocycles. The average Bonchev–Trinajstić information content (AvgIpc) is 3.39. The number of aromatic amines is 1. The molecule has 0 atom stereocenters. The summed E-state index contributed by atoms with van der Waals surface area (Å²) in [5.74, 6) is -0.234. The summed E-state index contributed by atoms with van der Waals surface area (Å²) < 4.78 is 1.47. The van der Waals surface area contributed by atoms with Gasteiger partial charge in [0.15, 0.2) is 22.0 Å². The van der Waals surface area contributed by atoms with Crippen molar-refractivity contribution in [2.75, 3.05) is 5.73 Å². The van der Waals surface area contributed by atoms with Crippen LogP contribution in [0, 0.1) is 11.3 Å². The molecule has 0 aliphatic carbocycles. The van der Waals surface area contributed by atoms with Crippen LogP contribution in [-0.2, 0) is 0 Å². The maximum atomic E-state index is 12.1. The molecule has 5 rings (SSSR count). The highest BCUT2D eigenvalue weighted by Gasteiger charge is 2.22. The number of ketones is 1. The highest BCUT2D eigenvalue weighted by Crippen LogP contribution is 2.37. The Kier molecular flexibility index (Phi) is 5.12. The minimum atomic E-state index is -0.294. The van der Waals surface area contributed by atoms with Crippen LogP contribution in [0.3, 0.4) is 0 Å². The number of hydrogen-bond donors (Lipinski definition) is 3. The Morgan fingerprint density at radius 1 is 1.26 bits per heavy atom. The Morgan fingerprint density at radius 2 is 2.06 bits per heavy atom. The number of aromatic nitrogens is 5. The maximum absolute atomic E-state index is 12.1. The maximum Gasteiger partial charge on any atom is 0.219 e. The minimum absolute atomic E-state index is 0.0519. The number of nitrogens with two attached hydrogens (primary N) is 1. The number of nitrogen functional groups attached to an aromatic ring is 1. The third-order valence-corrected chi connectivity index (χ3v) is 6.24. The number of fused-ring (bicyclic) bond motifs is 1. The van der Waals surface area contributed by atoms with Crippen molar-refractivity contribution < 1.29 is 9.90 Å². The molecule has 0 bridgehead atoms. The second-order valence-corrected chi connectivity index (χ2v) is 8.23. The molecule has 166 valence electrons. The topological polar surface area (TPSA) is 159 Å². The van der Waals surface area contributed by atoms with Gasteiger partial charge in [-0.1, -0.05) is 35.6 Å². The van der Waals surface area contributed by atoms with E-state index in [9.17, 15) is 15.2 Å². The lowest BCUT2D eigenvalue weighted by Crippen LogP contribution is -2.11. The molecule has 10 nitrogen and oxygen atoms in total. The number of nitrogens with one attached hydrogen (secondary N) is 1. The third-order valence-electron chi connectivity index (χ3n) is 5.11. The summed E-state index contributed by atoms with van der Waals surface area (Å²) in [5.41, 5.74) is 8.32. The standard InChI is InChI=1S/C23H16N8O2S/c1-12(32)18-22(33)31(14-7-3-2-4-8-14)23(34-18)28-21-17-16(13-6-5-9-26-11-13)15(10-24)19(25)27-20(17)29-30-21/h2-9,11,33H,1H3,(H3,25,27,29,30). The van der Waals surface area contributed by atoms with Gasteiger partial charge in [0.2, 0.25) is 5.88 Å². The van der Waals surface area contributed by atoms with Crippen LogP contribution >= 0.6 is 11.3 Å². The second-order valence-electron chi connectivity index (χ2n) is 7.25. The van der Waals surface area contributed by atoms with Crippen LogP contribution in [0.25, 0.3) is 27.8 Å². The molecule has 0 fully saturated rings. The summed E-state index contributed by atoms with van der Waals surface area (Å²) in [7, 11) is 0. The largest absolute Gasteiger partial charge is 0.493 e. The van der Waals surface area contributed by atoms with Crippen molar-refractivity contribution in [1.82, 2.24) is 24.7 Å². The van der Waals surface area contributed by atoms with E-state index in [2.05, 4.69) is 31.2 Å². The van der Waals surface area contributed by atoms with Crippen molar-refractivity contribution in [1.29, 1.82) is 5.26 Å². The quantitative estimate of drug-likeness (QED) is 0.341. The number of nitrogens with zero attached hydrogens (tertiary/aromatic N) is 6. The molecule has 4 aromatic heterocycles. The minimum Gasteiger partial charge on any atom is -0.493 e. The molecule has 0 saturated carbocycles. The second kappa shape index (κ2) is 8.27. The summed E-state index contributed by atoms with van der Waals surface area (Å²) in [4.78, 5) is 25.7. The number of thiazole rings is 1. The molecule has 1 aromatic carbocycles. The molecule has 0 amide bonds. The molecule has 34 heavy (non-hydrogen) atoms. The molecule has 11 heteroatoms. The van der Waals surface area contributed by atoms with Crippen LogP contribution in [0.15, 0.2) is 59.9 Å². The predicted molar refractivity (Wildman–Crippen MR) is 127 cm³/mol. The number of Topliss-reactive ketones (excluding diaryl/α,β-unsaturated/α-hetero) is 1. The Labute approximate surface area is 196 Å². The van der Waals surface area contributed by atoms with Crippen LogP contribution in [0.4, 0.5) is 11.6 Å². The molecule has 4 N–H and O–H groups in total. The van der Waals surface area contributed by atoms with Gasteiger partial charge in [0.1, 0.15) is 22.3 Å². The van der Waals surface area contributed by atoms with E-state index in [4.69, 9.17) is 5.73 Å². The lowest BCUT2D eigenvalue weighted by molar-refractivity contribution is 0.101. The van der Waals surface area contributed by atoms with Gasteiger partial charge in [-0.3, -0.25) is 19.4 Å². The first-order valence-electron chi connectivity index (χ1n) is 10.0. The number of anilines is 1. The van der Waals surface area contributed by atoms with Gasteiger partial charge < -0.3 is 10.8 Å². The number of carbonyl (C=O) groups is 1. The number of H-pyrrole nitrogens is 1. The first-order chi connectivity index (χ1) is 16.5. The molecule has 0 radical (unpaired) electrons. The third kappa shape index (κ3) is 3.39. The van der Waals surface area contributed by atoms with Crippen LogP contribution in [0.5, 0.6) is 5.88 Å². The fraction of sp³-hybridized carbons (Fsp3) is 0.0435. The molecular weight excluding hydrogens is 452 g/mol. The Morgan fingerprint density at radius 3 is 2.74 bits per heavy atom. The Hall–Kier alpha value is -4.82. The highest BCUT2D eigenvalue weighted by molar-refractivity contribution is 7.11. The Bertz CT molecular complexity index is 1660. The van der Waals surface area contributed by atoms with Gasteiger partial charge >= 0.3 is 0 Å². The van der Waals surface area contributed by atoms with Gasteiger partial charge in [0, 0.05) is 30.4 Å². The van der Waals surface area contributed by atoms with E-state index >= 15 is 0 Å². The van der Waals surface area contributed by atoms with Crippen molar-refractivity contribution >= 4 is 39.8 Å². The van der Waals surface area contributed by atoms with E-state index in [-0.39, 0.29) is 33.7 Å². The first kappa shape index (κ1) is 21.0. The van der Waals surface area contributed by atoms with E-state index in [1.165, 1.54) is 11.5 Å². The van der Waals surface area contributed by atoms with E-state index in [0.717, 1.165) is 11.3 Å². The van der Waals surface area contributed by atoms with Gasteiger partial charge in [-0.05, 0) is 18.2 Å². The van der Waals surface area contributed by atoms with Crippen LogP contribution < -0.4 is 10.5 Å². The van der Waals surface area contributed by atoms with E-state index in [1.807, 2.05) is 18.2 Å². The zero-order valence-electron chi connectivity index (χ0n) is 17.7. The normalized spacial score (nSPS) is 11.6. The zero-order valence-corrected chi connectivity index (χ0v) is 18.5. The molecule has 5 aromatic rings. The number of nitriles is 1. The number of rotatable bonds is 4. The highest BCUT2D eigenvalue weighted by atomic mass is 32.1. The van der Waals surface area contributed by atoms with Crippen molar-refractivity contribution in [2.24, 2.45) is 4.99 Å². The van der Waals surface area contributed by atoms with Gasteiger partial charge in [-0.2, -0.15) is 15.4 Å². The number of pyridine rings is 2. The van der Waals surface area contributed by atoms with Crippen molar-refractivity contribution in [3.63, 3.8) is 0 Å². The average molecular weight is 469 g/mol. The fourth-order valence-electron chi connectivity index (χ4n) is 3.63. The van der Waals surface area contributed by atoms with Gasteiger partial charge in [0.05, 0.1) is 11.1 Å².